The van der Waals surface area contributed by atoms with E-state index in [0.29, 0.717) is 6.61 Å². The number of hydrogen-bond acceptors (Lipinski definition) is 4. The fraction of sp³-hybridized carbons (Fsp3) is 0.650. The lowest BCUT2D eigenvalue weighted by Gasteiger charge is -2.25. The summed E-state index contributed by atoms with van der Waals surface area (Å²) in [6.45, 7) is 7.71. The normalized spacial score (nSPS) is 23.4. The first-order valence-corrected chi connectivity index (χ1v) is 9.50. The van der Waals surface area contributed by atoms with E-state index in [2.05, 4.69) is 29.2 Å². The average molecular weight is 346 g/mol. The summed E-state index contributed by atoms with van der Waals surface area (Å²) in [5.74, 6) is 0.111. The first-order valence-electron chi connectivity index (χ1n) is 9.50. The van der Waals surface area contributed by atoms with E-state index in [4.69, 9.17) is 9.47 Å². The SMILES string of the molecule is CC(OCC1CCCO1)C(=O)N1CCCN(Cc2ccccc2)CC1. The van der Waals surface area contributed by atoms with Gasteiger partial charge in [-0.2, -0.15) is 0 Å². The van der Waals surface area contributed by atoms with Crippen LogP contribution in [0.3, 0.4) is 0 Å². The van der Waals surface area contributed by atoms with Crippen LogP contribution in [0.5, 0.6) is 0 Å². The molecule has 0 radical (unpaired) electrons. The second-order valence-electron chi connectivity index (χ2n) is 7.05. The molecule has 1 aromatic rings. The van der Waals surface area contributed by atoms with Gasteiger partial charge in [0.15, 0.2) is 0 Å². The number of hydrogen-bond donors (Lipinski definition) is 0. The summed E-state index contributed by atoms with van der Waals surface area (Å²) in [5.41, 5.74) is 1.33. The molecule has 25 heavy (non-hydrogen) atoms. The zero-order chi connectivity index (χ0) is 17.5. The molecule has 2 unspecified atom stereocenters. The van der Waals surface area contributed by atoms with Crippen molar-refractivity contribution < 1.29 is 14.3 Å². The van der Waals surface area contributed by atoms with Crippen molar-refractivity contribution in [2.75, 3.05) is 39.4 Å². The van der Waals surface area contributed by atoms with Crippen molar-refractivity contribution in [3.05, 3.63) is 35.9 Å². The van der Waals surface area contributed by atoms with Crippen LogP contribution in [-0.4, -0.2) is 67.3 Å². The minimum Gasteiger partial charge on any atom is -0.376 e. The van der Waals surface area contributed by atoms with Crippen molar-refractivity contribution in [2.45, 2.75) is 44.9 Å². The zero-order valence-corrected chi connectivity index (χ0v) is 15.2. The quantitative estimate of drug-likeness (QED) is 0.793. The Labute approximate surface area is 150 Å². The van der Waals surface area contributed by atoms with E-state index in [1.807, 2.05) is 17.9 Å². The fourth-order valence-corrected chi connectivity index (χ4v) is 3.55. The van der Waals surface area contributed by atoms with Gasteiger partial charge in [0.05, 0.1) is 12.7 Å². The number of nitrogens with zero attached hydrogens (tertiary/aromatic N) is 2. The minimum atomic E-state index is -0.384. The van der Waals surface area contributed by atoms with Crippen LogP contribution < -0.4 is 0 Å². The smallest absolute Gasteiger partial charge is 0.251 e. The van der Waals surface area contributed by atoms with Crippen LogP contribution in [0.4, 0.5) is 0 Å². The van der Waals surface area contributed by atoms with Gasteiger partial charge in [-0.25, -0.2) is 0 Å². The molecule has 0 spiro atoms. The van der Waals surface area contributed by atoms with Crippen LogP contribution >= 0.6 is 0 Å². The van der Waals surface area contributed by atoms with Crippen molar-refractivity contribution in [3.63, 3.8) is 0 Å². The van der Waals surface area contributed by atoms with E-state index < -0.39 is 0 Å². The van der Waals surface area contributed by atoms with Crippen LogP contribution in [0.25, 0.3) is 0 Å². The number of ether oxygens (including phenoxy) is 2. The van der Waals surface area contributed by atoms with Gasteiger partial charge in [-0.1, -0.05) is 30.3 Å². The Morgan fingerprint density at radius 2 is 2.04 bits per heavy atom. The average Bonchev–Trinajstić information content (AvgIpc) is 3.06. The molecule has 1 amide bonds. The Morgan fingerprint density at radius 1 is 1.20 bits per heavy atom. The molecule has 0 N–H and O–H groups in total. The molecule has 2 fully saturated rings. The summed E-state index contributed by atoms with van der Waals surface area (Å²) >= 11 is 0. The number of carbonyl (C=O) groups is 1. The zero-order valence-electron chi connectivity index (χ0n) is 15.2. The van der Waals surface area contributed by atoms with Crippen LogP contribution in [-0.2, 0) is 20.8 Å². The lowest BCUT2D eigenvalue weighted by Crippen LogP contribution is -2.42. The van der Waals surface area contributed by atoms with Gasteiger partial charge in [-0.05, 0) is 31.7 Å². The summed E-state index contributed by atoms with van der Waals surface area (Å²) in [6.07, 6.45) is 2.93. The van der Waals surface area contributed by atoms with E-state index in [-0.39, 0.29) is 18.1 Å². The van der Waals surface area contributed by atoms with Gasteiger partial charge in [-0.3, -0.25) is 9.69 Å². The van der Waals surface area contributed by atoms with Crippen molar-refractivity contribution in [1.29, 1.82) is 0 Å². The van der Waals surface area contributed by atoms with Gasteiger partial charge in [0, 0.05) is 39.3 Å². The van der Waals surface area contributed by atoms with Gasteiger partial charge in [0.25, 0.3) is 5.91 Å². The summed E-state index contributed by atoms with van der Waals surface area (Å²) in [6, 6.07) is 10.5. The highest BCUT2D eigenvalue weighted by Gasteiger charge is 2.25. The maximum Gasteiger partial charge on any atom is 0.251 e. The third-order valence-corrected chi connectivity index (χ3v) is 5.05. The molecule has 1 aromatic carbocycles. The fourth-order valence-electron chi connectivity index (χ4n) is 3.55. The predicted octanol–water partition coefficient (Wildman–Crippen LogP) is 2.30. The van der Waals surface area contributed by atoms with Gasteiger partial charge in [0.2, 0.25) is 0 Å². The van der Waals surface area contributed by atoms with E-state index in [1.165, 1.54) is 5.56 Å². The molecule has 2 saturated heterocycles. The molecular formula is C20H30N2O3. The molecule has 0 bridgehead atoms. The molecular weight excluding hydrogens is 316 g/mol. The molecule has 0 aromatic heterocycles. The van der Waals surface area contributed by atoms with E-state index in [0.717, 1.165) is 58.6 Å². The molecule has 5 nitrogen and oxygen atoms in total. The lowest BCUT2D eigenvalue weighted by molar-refractivity contribution is -0.144. The largest absolute Gasteiger partial charge is 0.376 e. The van der Waals surface area contributed by atoms with Crippen LogP contribution in [0.2, 0.25) is 0 Å². The second kappa shape index (κ2) is 9.32. The first kappa shape index (κ1) is 18.4. The van der Waals surface area contributed by atoms with Gasteiger partial charge >= 0.3 is 0 Å². The molecule has 2 atom stereocenters. The Hall–Kier alpha value is -1.43. The maximum absolute atomic E-state index is 12.7. The standard InChI is InChI=1S/C20H30N2O3/c1-17(25-16-19-9-5-14-24-19)20(23)22-11-6-10-21(12-13-22)15-18-7-3-2-4-8-18/h2-4,7-8,17,19H,5-6,9-16H2,1H3. The van der Waals surface area contributed by atoms with Gasteiger partial charge in [-0.15, -0.1) is 0 Å². The number of rotatable bonds is 6. The van der Waals surface area contributed by atoms with Crippen LogP contribution in [0.15, 0.2) is 30.3 Å². The van der Waals surface area contributed by atoms with Crippen molar-refractivity contribution in [2.24, 2.45) is 0 Å². The second-order valence-corrected chi connectivity index (χ2v) is 7.05. The Kier molecular flexibility index (Phi) is 6.84. The molecule has 2 aliphatic rings. The number of amides is 1. The monoisotopic (exact) mass is 346 g/mol. The minimum absolute atomic E-state index is 0.111. The Morgan fingerprint density at radius 3 is 2.80 bits per heavy atom. The van der Waals surface area contributed by atoms with Crippen molar-refractivity contribution >= 4 is 5.91 Å². The van der Waals surface area contributed by atoms with Crippen molar-refractivity contribution in [3.8, 4) is 0 Å². The summed E-state index contributed by atoms with van der Waals surface area (Å²) in [5, 5.41) is 0. The lowest BCUT2D eigenvalue weighted by atomic mass is 10.2. The third-order valence-electron chi connectivity index (χ3n) is 5.05. The Bertz CT molecular complexity index is 531. The van der Waals surface area contributed by atoms with Gasteiger partial charge < -0.3 is 14.4 Å². The van der Waals surface area contributed by atoms with Crippen LogP contribution in [0, 0.1) is 0 Å². The molecule has 2 heterocycles. The number of benzene rings is 1. The van der Waals surface area contributed by atoms with E-state index in [9.17, 15) is 4.79 Å². The Balaban J connectivity index is 1.44. The van der Waals surface area contributed by atoms with E-state index >= 15 is 0 Å². The number of carbonyl (C=O) groups excluding carboxylic acids is 1. The molecule has 2 aliphatic heterocycles. The molecule has 0 aliphatic carbocycles. The first-order chi connectivity index (χ1) is 12.2. The topological polar surface area (TPSA) is 42.0 Å². The summed E-state index contributed by atoms with van der Waals surface area (Å²) in [4.78, 5) is 17.1. The molecule has 138 valence electrons. The molecule has 0 saturated carbocycles. The van der Waals surface area contributed by atoms with Gasteiger partial charge in [0.1, 0.15) is 6.10 Å². The summed E-state index contributed by atoms with van der Waals surface area (Å²) in [7, 11) is 0. The van der Waals surface area contributed by atoms with Crippen molar-refractivity contribution in [1.82, 2.24) is 9.80 Å². The highest BCUT2D eigenvalue weighted by atomic mass is 16.5. The third kappa shape index (κ3) is 5.53. The molecule has 5 heteroatoms. The maximum atomic E-state index is 12.7. The van der Waals surface area contributed by atoms with Crippen LogP contribution in [0.1, 0.15) is 31.7 Å². The highest BCUT2D eigenvalue weighted by molar-refractivity contribution is 5.80. The summed E-state index contributed by atoms with van der Waals surface area (Å²) < 4.78 is 11.3. The predicted molar refractivity (Wildman–Crippen MR) is 97.3 cm³/mol. The van der Waals surface area contributed by atoms with E-state index in [1.54, 1.807) is 0 Å². The molecule has 3 rings (SSSR count). The highest BCUT2D eigenvalue weighted by Crippen LogP contribution is 2.14.